The summed E-state index contributed by atoms with van der Waals surface area (Å²) in [7, 11) is 0. The second-order valence-electron chi connectivity index (χ2n) is 6.46. The molecule has 1 aliphatic carbocycles. The number of anilines is 1. The lowest BCUT2D eigenvalue weighted by molar-refractivity contribution is -0.139. The number of nitrogens with one attached hydrogen (secondary N) is 1. The Morgan fingerprint density at radius 1 is 1.12 bits per heavy atom. The summed E-state index contributed by atoms with van der Waals surface area (Å²) >= 11 is 0. The van der Waals surface area contributed by atoms with E-state index >= 15 is 0 Å². The Balaban J connectivity index is 1.81. The van der Waals surface area contributed by atoms with Gasteiger partial charge in [-0.05, 0) is 42.7 Å². The maximum absolute atomic E-state index is 13.7. The van der Waals surface area contributed by atoms with Gasteiger partial charge < -0.3 is 15.2 Å². The van der Waals surface area contributed by atoms with E-state index in [2.05, 4.69) is 5.32 Å². The summed E-state index contributed by atoms with van der Waals surface area (Å²) in [4.78, 5) is 23.7. The number of benzene rings is 2. The molecule has 1 amide bonds. The fraction of sp³-hybridized carbons (Fsp3) is 0.300. The van der Waals surface area contributed by atoms with Crippen LogP contribution in [-0.4, -0.2) is 23.6 Å². The van der Waals surface area contributed by atoms with Crippen molar-refractivity contribution in [3.8, 4) is 5.75 Å². The third-order valence-corrected chi connectivity index (χ3v) is 4.72. The molecular weight excluding hydrogens is 337 g/mol. The van der Waals surface area contributed by atoms with Crippen molar-refractivity contribution < 1.29 is 23.8 Å². The van der Waals surface area contributed by atoms with Gasteiger partial charge in [-0.25, -0.2) is 9.18 Å². The summed E-state index contributed by atoms with van der Waals surface area (Å²) < 4.78 is 18.8. The van der Waals surface area contributed by atoms with E-state index in [0.717, 1.165) is 12.8 Å². The highest BCUT2D eigenvalue weighted by Crippen LogP contribution is 2.42. The van der Waals surface area contributed by atoms with Crippen LogP contribution in [0.3, 0.4) is 0 Å². The van der Waals surface area contributed by atoms with Crippen LogP contribution in [0.2, 0.25) is 0 Å². The van der Waals surface area contributed by atoms with Crippen LogP contribution in [0.15, 0.2) is 48.5 Å². The normalized spacial score (nSPS) is 15.4. The first-order chi connectivity index (χ1) is 12.5. The van der Waals surface area contributed by atoms with Crippen molar-refractivity contribution in [2.75, 3.05) is 11.9 Å². The standard InChI is InChI=1S/C20H20FNO4/c21-15-6-3-5-14(11-15)20(9-1-2-10-20)19(25)22-16-7-4-8-17(12-16)26-13-18(23)24/h3-8,11-12H,1-2,9-10,13H2,(H,22,25)(H,23,24). The number of amides is 1. The van der Waals surface area contributed by atoms with Crippen LogP contribution in [0.5, 0.6) is 5.75 Å². The van der Waals surface area contributed by atoms with Gasteiger partial charge >= 0.3 is 5.97 Å². The molecule has 0 heterocycles. The molecule has 0 aromatic heterocycles. The van der Waals surface area contributed by atoms with Crippen molar-refractivity contribution in [1.29, 1.82) is 0 Å². The highest BCUT2D eigenvalue weighted by molar-refractivity contribution is 5.99. The Bertz CT molecular complexity index is 815. The van der Waals surface area contributed by atoms with E-state index < -0.39 is 18.0 Å². The first kappa shape index (κ1) is 17.9. The van der Waals surface area contributed by atoms with Crippen molar-refractivity contribution in [2.45, 2.75) is 31.1 Å². The zero-order valence-corrected chi connectivity index (χ0v) is 14.2. The molecule has 1 fully saturated rings. The molecule has 3 rings (SSSR count). The van der Waals surface area contributed by atoms with Crippen molar-refractivity contribution in [3.63, 3.8) is 0 Å². The van der Waals surface area contributed by atoms with Crippen LogP contribution < -0.4 is 10.1 Å². The Morgan fingerprint density at radius 3 is 2.54 bits per heavy atom. The van der Waals surface area contributed by atoms with E-state index in [-0.39, 0.29) is 11.7 Å². The number of hydrogen-bond donors (Lipinski definition) is 2. The van der Waals surface area contributed by atoms with E-state index in [9.17, 15) is 14.0 Å². The molecule has 0 saturated heterocycles. The van der Waals surface area contributed by atoms with Crippen LogP contribution in [0.1, 0.15) is 31.2 Å². The number of aliphatic carboxylic acids is 1. The molecule has 1 aliphatic rings. The molecular formula is C20H20FNO4. The smallest absolute Gasteiger partial charge is 0.341 e. The summed E-state index contributed by atoms with van der Waals surface area (Å²) in [5.74, 6) is -1.26. The number of carbonyl (C=O) groups excluding carboxylic acids is 1. The van der Waals surface area contributed by atoms with Crippen molar-refractivity contribution in [1.82, 2.24) is 0 Å². The third kappa shape index (κ3) is 3.85. The van der Waals surface area contributed by atoms with Crippen LogP contribution in [-0.2, 0) is 15.0 Å². The third-order valence-electron chi connectivity index (χ3n) is 4.72. The molecule has 0 unspecified atom stereocenters. The maximum atomic E-state index is 13.7. The minimum Gasteiger partial charge on any atom is -0.482 e. The second kappa shape index (κ2) is 7.56. The lowest BCUT2D eigenvalue weighted by Crippen LogP contribution is -2.38. The van der Waals surface area contributed by atoms with Crippen LogP contribution in [0.25, 0.3) is 0 Å². The predicted molar refractivity (Wildman–Crippen MR) is 94.7 cm³/mol. The van der Waals surface area contributed by atoms with Gasteiger partial charge in [-0.2, -0.15) is 0 Å². The molecule has 0 radical (unpaired) electrons. The molecule has 2 N–H and O–H groups in total. The number of carboxylic acids is 1. The zero-order valence-electron chi connectivity index (χ0n) is 14.2. The van der Waals surface area contributed by atoms with E-state index in [1.807, 2.05) is 0 Å². The monoisotopic (exact) mass is 357 g/mol. The Kier molecular flexibility index (Phi) is 5.21. The fourth-order valence-electron chi connectivity index (χ4n) is 3.47. The lowest BCUT2D eigenvalue weighted by atomic mass is 9.78. The first-order valence-corrected chi connectivity index (χ1v) is 8.52. The minimum absolute atomic E-state index is 0.184. The molecule has 0 aliphatic heterocycles. The number of ether oxygens (including phenoxy) is 1. The minimum atomic E-state index is -1.07. The molecule has 2 aromatic carbocycles. The van der Waals surface area contributed by atoms with Crippen LogP contribution >= 0.6 is 0 Å². The van der Waals surface area contributed by atoms with Gasteiger partial charge in [0.1, 0.15) is 11.6 Å². The van der Waals surface area contributed by atoms with E-state index in [1.54, 1.807) is 36.4 Å². The number of carbonyl (C=O) groups is 2. The number of hydrogen-bond acceptors (Lipinski definition) is 3. The first-order valence-electron chi connectivity index (χ1n) is 8.52. The topological polar surface area (TPSA) is 75.6 Å². The van der Waals surface area contributed by atoms with E-state index in [0.29, 0.717) is 29.8 Å². The molecule has 0 bridgehead atoms. The largest absolute Gasteiger partial charge is 0.482 e. The van der Waals surface area contributed by atoms with Gasteiger partial charge in [0.2, 0.25) is 5.91 Å². The van der Waals surface area contributed by atoms with Crippen molar-refractivity contribution in [2.24, 2.45) is 0 Å². The SMILES string of the molecule is O=C(O)COc1cccc(NC(=O)C2(c3cccc(F)c3)CCCC2)c1. The van der Waals surface area contributed by atoms with E-state index in [4.69, 9.17) is 9.84 Å². The van der Waals surface area contributed by atoms with Crippen LogP contribution in [0, 0.1) is 5.82 Å². The highest BCUT2D eigenvalue weighted by Gasteiger charge is 2.42. The summed E-state index contributed by atoms with van der Waals surface area (Å²) in [6.07, 6.45) is 3.15. The average molecular weight is 357 g/mol. The average Bonchev–Trinajstić information content (AvgIpc) is 3.11. The Morgan fingerprint density at radius 2 is 1.85 bits per heavy atom. The summed E-state index contributed by atoms with van der Waals surface area (Å²) in [6, 6.07) is 12.8. The van der Waals surface area contributed by atoms with Gasteiger partial charge in [-0.15, -0.1) is 0 Å². The number of carboxylic acid groups (broad SMARTS) is 1. The molecule has 0 spiro atoms. The highest BCUT2D eigenvalue weighted by atomic mass is 19.1. The predicted octanol–water partition coefficient (Wildman–Crippen LogP) is 3.74. The van der Waals surface area contributed by atoms with Gasteiger partial charge in [0.05, 0.1) is 5.41 Å². The molecule has 1 saturated carbocycles. The Hall–Kier alpha value is -2.89. The summed E-state index contributed by atoms with van der Waals surface area (Å²) in [5.41, 5.74) is 0.450. The molecule has 26 heavy (non-hydrogen) atoms. The second-order valence-corrected chi connectivity index (χ2v) is 6.46. The fourth-order valence-corrected chi connectivity index (χ4v) is 3.47. The molecule has 136 valence electrons. The molecule has 6 heteroatoms. The van der Waals surface area contributed by atoms with Crippen molar-refractivity contribution >= 4 is 17.6 Å². The van der Waals surface area contributed by atoms with Gasteiger partial charge in [0, 0.05) is 11.8 Å². The molecule has 2 aromatic rings. The van der Waals surface area contributed by atoms with E-state index in [1.165, 1.54) is 12.1 Å². The summed E-state index contributed by atoms with van der Waals surface area (Å²) in [6.45, 7) is -0.454. The van der Waals surface area contributed by atoms with Gasteiger partial charge in [-0.1, -0.05) is 31.0 Å². The summed E-state index contributed by atoms with van der Waals surface area (Å²) in [5, 5.41) is 11.6. The van der Waals surface area contributed by atoms with Gasteiger partial charge in [0.15, 0.2) is 6.61 Å². The molecule has 5 nitrogen and oxygen atoms in total. The van der Waals surface area contributed by atoms with Gasteiger partial charge in [0.25, 0.3) is 0 Å². The maximum Gasteiger partial charge on any atom is 0.341 e. The lowest BCUT2D eigenvalue weighted by Gasteiger charge is -2.28. The Labute approximate surface area is 150 Å². The zero-order chi connectivity index (χ0) is 18.6. The number of halogens is 1. The van der Waals surface area contributed by atoms with Crippen LogP contribution in [0.4, 0.5) is 10.1 Å². The van der Waals surface area contributed by atoms with Gasteiger partial charge in [-0.3, -0.25) is 4.79 Å². The molecule has 0 atom stereocenters. The quantitative estimate of drug-likeness (QED) is 0.826. The van der Waals surface area contributed by atoms with Crippen molar-refractivity contribution in [3.05, 3.63) is 59.9 Å². The number of rotatable bonds is 6.